The van der Waals surface area contributed by atoms with E-state index in [2.05, 4.69) is 21.2 Å². The van der Waals surface area contributed by atoms with Crippen LogP contribution in [0.1, 0.15) is 51.0 Å². The van der Waals surface area contributed by atoms with Gasteiger partial charge in [-0.1, -0.05) is 90.6 Å². The van der Waals surface area contributed by atoms with Gasteiger partial charge in [0.05, 0.1) is 10.6 Å². The summed E-state index contributed by atoms with van der Waals surface area (Å²) >= 11 is 3.40. The summed E-state index contributed by atoms with van der Waals surface area (Å²) in [5, 5.41) is 3.17. The van der Waals surface area contributed by atoms with E-state index in [4.69, 9.17) is 0 Å². The number of nitrogens with zero attached hydrogens (tertiary/aromatic N) is 2. The van der Waals surface area contributed by atoms with Crippen molar-refractivity contribution < 1.29 is 18.0 Å². The highest BCUT2D eigenvalue weighted by molar-refractivity contribution is 9.10. The van der Waals surface area contributed by atoms with E-state index < -0.39 is 28.5 Å². The molecule has 1 fully saturated rings. The first-order chi connectivity index (χ1) is 19.3. The van der Waals surface area contributed by atoms with Crippen LogP contribution in [0, 0.1) is 0 Å². The summed E-state index contributed by atoms with van der Waals surface area (Å²) in [5.74, 6) is -0.642. The largest absolute Gasteiger partial charge is 0.352 e. The minimum Gasteiger partial charge on any atom is -0.352 e. The molecule has 0 heterocycles. The molecule has 1 aliphatic rings. The molecule has 3 aromatic rings. The second kappa shape index (κ2) is 13.9. The van der Waals surface area contributed by atoms with Crippen molar-refractivity contribution in [2.75, 3.05) is 10.8 Å². The number of nitrogens with one attached hydrogen (secondary N) is 1. The SMILES string of the molecule is CCC(C(=O)NC1CCCCC1)N(Cc1ccccc1)C(=O)CN(c1ccc(Br)cc1)S(=O)(=O)c1ccccc1. The normalized spacial score (nSPS) is 14.8. The average molecular weight is 627 g/mol. The number of hydrogen-bond acceptors (Lipinski definition) is 4. The van der Waals surface area contributed by atoms with Crippen LogP contribution in [-0.4, -0.2) is 43.8 Å². The van der Waals surface area contributed by atoms with Crippen LogP contribution in [0.4, 0.5) is 5.69 Å². The lowest BCUT2D eigenvalue weighted by Gasteiger charge is -2.34. The smallest absolute Gasteiger partial charge is 0.264 e. The zero-order valence-corrected chi connectivity index (χ0v) is 25.1. The van der Waals surface area contributed by atoms with Gasteiger partial charge in [-0.05, 0) is 61.2 Å². The fraction of sp³-hybridized carbons (Fsp3) is 0.355. The van der Waals surface area contributed by atoms with E-state index >= 15 is 0 Å². The Morgan fingerprint density at radius 1 is 0.900 bits per heavy atom. The van der Waals surface area contributed by atoms with Crippen LogP contribution in [0.15, 0.2) is 94.3 Å². The Morgan fingerprint density at radius 3 is 2.10 bits per heavy atom. The maximum absolute atomic E-state index is 14.1. The molecule has 3 aromatic carbocycles. The molecular formula is C31H36BrN3O4S. The highest BCUT2D eigenvalue weighted by Crippen LogP contribution is 2.26. The molecule has 1 N–H and O–H groups in total. The molecule has 7 nitrogen and oxygen atoms in total. The molecular weight excluding hydrogens is 590 g/mol. The van der Waals surface area contributed by atoms with Gasteiger partial charge in [0.25, 0.3) is 10.0 Å². The molecule has 1 saturated carbocycles. The van der Waals surface area contributed by atoms with Gasteiger partial charge in [-0.3, -0.25) is 13.9 Å². The van der Waals surface area contributed by atoms with Crippen molar-refractivity contribution in [1.82, 2.24) is 10.2 Å². The van der Waals surface area contributed by atoms with E-state index in [-0.39, 0.29) is 23.4 Å². The van der Waals surface area contributed by atoms with E-state index in [1.165, 1.54) is 23.5 Å². The summed E-state index contributed by atoms with van der Waals surface area (Å²) in [4.78, 5) is 29.3. The summed E-state index contributed by atoms with van der Waals surface area (Å²) in [6.07, 6.45) is 5.59. The van der Waals surface area contributed by atoms with Gasteiger partial charge >= 0.3 is 0 Å². The first-order valence-corrected chi connectivity index (χ1v) is 16.0. The van der Waals surface area contributed by atoms with Crippen LogP contribution in [0.3, 0.4) is 0 Å². The van der Waals surface area contributed by atoms with Gasteiger partial charge < -0.3 is 10.2 Å². The molecule has 0 saturated heterocycles. The van der Waals surface area contributed by atoms with Gasteiger partial charge in [0, 0.05) is 17.1 Å². The maximum atomic E-state index is 14.1. The molecule has 0 aliphatic heterocycles. The van der Waals surface area contributed by atoms with E-state index in [1.807, 2.05) is 37.3 Å². The van der Waals surface area contributed by atoms with Gasteiger partial charge in [0.2, 0.25) is 11.8 Å². The Balaban J connectivity index is 1.67. The zero-order chi connectivity index (χ0) is 28.5. The highest BCUT2D eigenvalue weighted by Gasteiger charge is 2.34. The molecule has 1 aliphatic carbocycles. The third-order valence-electron chi connectivity index (χ3n) is 7.26. The minimum atomic E-state index is -4.07. The van der Waals surface area contributed by atoms with E-state index in [9.17, 15) is 18.0 Å². The van der Waals surface area contributed by atoms with Crippen molar-refractivity contribution in [2.24, 2.45) is 0 Å². The average Bonchev–Trinajstić information content (AvgIpc) is 2.97. The highest BCUT2D eigenvalue weighted by atomic mass is 79.9. The Hall–Kier alpha value is -3.17. The Morgan fingerprint density at radius 2 is 1.50 bits per heavy atom. The van der Waals surface area contributed by atoms with Gasteiger partial charge in [0.15, 0.2) is 0 Å². The van der Waals surface area contributed by atoms with Gasteiger partial charge in [-0.15, -0.1) is 0 Å². The number of halogens is 1. The number of carbonyl (C=O) groups excluding carboxylic acids is 2. The predicted octanol–water partition coefficient (Wildman–Crippen LogP) is 5.90. The molecule has 40 heavy (non-hydrogen) atoms. The molecule has 9 heteroatoms. The molecule has 1 unspecified atom stereocenters. The third kappa shape index (κ3) is 7.52. The summed E-state index contributed by atoms with van der Waals surface area (Å²) in [7, 11) is -4.07. The molecule has 0 spiro atoms. The Labute approximate surface area is 245 Å². The number of amides is 2. The van der Waals surface area contributed by atoms with Crippen molar-refractivity contribution in [1.29, 1.82) is 0 Å². The monoisotopic (exact) mass is 625 g/mol. The first kappa shape index (κ1) is 29.8. The van der Waals surface area contributed by atoms with Crippen LogP contribution in [-0.2, 0) is 26.2 Å². The van der Waals surface area contributed by atoms with Crippen molar-refractivity contribution in [3.05, 3.63) is 95.0 Å². The predicted molar refractivity (Wildman–Crippen MR) is 161 cm³/mol. The molecule has 0 bridgehead atoms. The van der Waals surface area contributed by atoms with Crippen LogP contribution >= 0.6 is 15.9 Å². The third-order valence-corrected chi connectivity index (χ3v) is 9.57. The van der Waals surface area contributed by atoms with Crippen LogP contribution in [0.25, 0.3) is 0 Å². The number of benzene rings is 3. The standard InChI is InChI=1S/C31H36BrN3O4S/c1-2-29(31(37)33-26-14-8-4-9-15-26)34(22-24-12-6-3-7-13-24)30(36)23-35(27-20-18-25(32)19-21-27)40(38,39)28-16-10-5-11-17-28/h3,5-7,10-13,16-21,26,29H,2,4,8-9,14-15,22-23H2,1H3,(H,33,37). The second-order valence-corrected chi connectivity index (χ2v) is 12.9. The lowest BCUT2D eigenvalue weighted by molar-refractivity contribution is -0.140. The van der Waals surface area contributed by atoms with Gasteiger partial charge in [-0.2, -0.15) is 0 Å². The van der Waals surface area contributed by atoms with E-state index in [0.717, 1.165) is 40.0 Å². The fourth-order valence-corrected chi connectivity index (χ4v) is 6.80. The van der Waals surface area contributed by atoms with Crippen LogP contribution in [0.2, 0.25) is 0 Å². The van der Waals surface area contributed by atoms with E-state index in [1.54, 1.807) is 42.5 Å². The number of sulfonamides is 1. The lowest BCUT2D eigenvalue weighted by atomic mass is 9.95. The summed E-state index contributed by atoms with van der Waals surface area (Å²) in [6, 6.07) is 23.7. The topological polar surface area (TPSA) is 86.8 Å². The van der Waals surface area contributed by atoms with Gasteiger partial charge in [0.1, 0.15) is 12.6 Å². The minimum absolute atomic E-state index is 0.0856. The second-order valence-electron chi connectivity index (χ2n) is 10.1. The zero-order valence-electron chi connectivity index (χ0n) is 22.7. The van der Waals surface area contributed by atoms with Crippen molar-refractivity contribution in [3.63, 3.8) is 0 Å². The van der Waals surface area contributed by atoms with Crippen LogP contribution < -0.4 is 9.62 Å². The number of carbonyl (C=O) groups is 2. The van der Waals surface area contributed by atoms with Crippen LogP contribution in [0.5, 0.6) is 0 Å². The summed E-state index contributed by atoms with van der Waals surface area (Å²) < 4.78 is 29.6. The molecule has 1 atom stereocenters. The number of hydrogen-bond donors (Lipinski definition) is 1. The molecule has 0 radical (unpaired) electrons. The van der Waals surface area contributed by atoms with Gasteiger partial charge in [-0.25, -0.2) is 8.42 Å². The van der Waals surface area contributed by atoms with Crippen molar-refractivity contribution >= 4 is 43.5 Å². The molecule has 0 aromatic heterocycles. The van der Waals surface area contributed by atoms with E-state index in [0.29, 0.717) is 12.1 Å². The molecule has 2 amide bonds. The summed E-state index contributed by atoms with van der Waals surface area (Å²) in [5.41, 5.74) is 1.22. The maximum Gasteiger partial charge on any atom is 0.264 e. The Kier molecular flexibility index (Phi) is 10.4. The molecule has 4 rings (SSSR count). The Bertz CT molecular complexity index is 1360. The number of anilines is 1. The first-order valence-electron chi connectivity index (χ1n) is 13.8. The molecule has 212 valence electrons. The quantitative estimate of drug-likeness (QED) is 0.287. The number of rotatable bonds is 11. The summed E-state index contributed by atoms with van der Waals surface area (Å²) in [6.45, 7) is 1.62. The lowest BCUT2D eigenvalue weighted by Crippen LogP contribution is -2.54. The fourth-order valence-electron chi connectivity index (χ4n) is 5.10. The van der Waals surface area contributed by atoms with Crippen molar-refractivity contribution in [3.8, 4) is 0 Å². The van der Waals surface area contributed by atoms with Crippen molar-refractivity contribution in [2.45, 2.75) is 69.0 Å².